The zero-order valence-corrected chi connectivity index (χ0v) is 10.1. The van der Waals surface area contributed by atoms with Crippen molar-refractivity contribution < 1.29 is 9.53 Å². The maximum Gasteiger partial charge on any atom is 0.168 e. The van der Waals surface area contributed by atoms with Crippen LogP contribution in [0, 0.1) is 11.8 Å². The Bertz CT molecular complexity index is 361. The highest BCUT2D eigenvalue weighted by Gasteiger charge is 2.30. The molecule has 0 spiro atoms. The topological polar surface area (TPSA) is 26.3 Å². The number of thiophene rings is 1. The standard InChI is InChI=1S/C11H13ClO2S/c1-7-6-14-4-2-8(7)10(13)9-3-5-15-11(9)12/h3,5,7-8H,2,4,6H2,1H3. The SMILES string of the molecule is CC1COCCC1C(=O)c1ccsc1Cl. The molecule has 2 heterocycles. The fourth-order valence-electron chi connectivity index (χ4n) is 1.94. The van der Waals surface area contributed by atoms with Gasteiger partial charge in [-0.25, -0.2) is 0 Å². The van der Waals surface area contributed by atoms with Crippen LogP contribution in [0.2, 0.25) is 4.34 Å². The van der Waals surface area contributed by atoms with Crippen LogP contribution in [-0.2, 0) is 4.74 Å². The fourth-order valence-corrected chi connectivity index (χ4v) is 2.87. The van der Waals surface area contributed by atoms with Crippen molar-refractivity contribution in [3.63, 3.8) is 0 Å². The molecule has 0 aliphatic carbocycles. The largest absolute Gasteiger partial charge is 0.381 e. The molecule has 15 heavy (non-hydrogen) atoms. The second kappa shape index (κ2) is 4.64. The molecule has 1 aromatic rings. The Labute approximate surface area is 98.2 Å². The Morgan fingerprint density at radius 2 is 2.47 bits per heavy atom. The first-order valence-corrected chi connectivity index (χ1v) is 6.31. The van der Waals surface area contributed by atoms with Crippen LogP contribution in [0.25, 0.3) is 0 Å². The maximum absolute atomic E-state index is 12.2. The van der Waals surface area contributed by atoms with Crippen LogP contribution in [0.15, 0.2) is 11.4 Å². The van der Waals surface area contributed by atoms with Crippen molar-refractivity contribution in [3.8, 4) is 0 Å². The minimum absolute atomic E-state index is 0.0749. The van der Waals surface area contributed by atoms with Gasteiger partial charge >= 0.3 is 0 Å². The van der Waals surface area contributed by atoms with Gasteiger partial charge in [0.25, 0.3) is 0 Å². The van der Waals surface area contributed by atoms with Gasteiger partial charge in [0.1, 0.15) is 4.34 Å². The Morgan fingerprint density at radius 3 is 3.07 bits per heavy atom. The van der Waals surface area contributed by atoms with E-state index in [1.165, 1.54) is 11.3 Å². The van der Waals surface area contributed by atoms with Crippen LogP contribution in [0.3, 0.4) is 0 Å². The van der Waals surface area contributed by atoms with Gasteiger partial charge < -0.3 is 4.74 Å². The van der Waals surface area contributed by atoms with Crippen molar-refractivity contribution in [2.45, 2.75) is 13.3 Å². The average Bonchev–Trinajstić information content (AvgIpc) is 2.64. The molecule has 2 unspecified atom stereocenters. The second-order valence-electron chi connectivity index (χ2n) is 3.92. The number of carbonyl (C=O) groups is 1. The predicted octanol–water partition coefficient (Wildman–Crippen LogP) is 3.26. The summed E-state index contributed by atoms with van der Waals surface area (Å²) in [6.45, 7) is 3.42. The first-order chi connectivity index (χ1) is 7.20. The van der Waals surface area contributed by atoms with Gasteiger partial charge in [-0.15, -0.1) is 11.3 Å². The van der Waals surface area contributed by atoms with E-state index in [-0.39, 0.29) is 11.7 Å². The van der Waals surface area contributed by atoms with Gasteiger partial charge in [0.2, 0.25) is 0 Å². The first-order valence-electron chi connectivity index (χ1n) is 5.05. The summed E-state index contributed by atoms with van der Waals surface area (Å²) in [6, 6.07) is 1.82. The van der Waals surface area contributed by atoms with Crippen molar-refractivity contribution in [3.05, 3.63) is 21.3 Å². The molecule has 0 saturated carbocycles. The highest BCUT2D eigenvalue weighted by atomic mass is 35.5. The number of hydrogen-bond donors (Lipinski definition) is 0. The summed E-state index contributed by atoms with van der Waals surface area (Å²) in [6.07, 6.45) is 0.812. The summed E-state index contributed by atoms with van der Waals surface area (Å²) < 4.78 is 5.94. The summed E-state index contributed by atoms with van der Waals surface area (Å²) in [5.41, 5.74) is 0.681. The van der Waals surface area contributed by atoms with E-state index in [4.69, 9.17) is 16.3 Å². The molecule has 2 nitrogen and oxygen atoms in total. The van der Waals surface area contributed by atoms with Crippen LogP contribution in [0.5, 0.6) is 0 Å². The number of carbonyl (C=O) groups excluding carboxylic acids is 1. The minimum Gasteiger partial charge on any atom is -0.381 e. The van der Waals surface area contributed by atoms with E-state index in [0.29, 0.717) is 29.0 Å². The van der Waals surface area contributed by atoms with E-state index in [2.05, 4.69) is 6.92 Å². The van der Waals surface area contributed by atoms with E-state index >= 15 is 0 Å². The third-order valence-electron chi connectivity index (χ3n) is 2.86. The number of hydrogen-bond acceptors (Lipinski definition) is 3. The Kier molecular flexibility index (Phi) is 3.44. The molecule has 0 amide bonds. The average molecular weight is 245 g/mol. The minimum atomic E-state index is 0.0749. The molecule has 0 radical (unpaired) electrons. The molecule has 0 bridgehead atoms. The highest BCUT2D eigenvalue weighted by molar-refractivity contribution is 7.14. The summed E-state index contributed by atoms with van der Waals surface area (Å²) in [5, 5.41) is 1.86. The molecular weight excluding hydrogens is 232 g/mol. The molecule has 0 N–H and O–H groups in total. The zero-order chi connectivity index (χ0) is 10.8. The molecule has 2 rings (SSSR count). The lowest BCUT2D eigenvalue weighted by atomic mass is 9.84. The third-order valence-corrected chi connectivity index (χ3v) is 4.03. The summed E-state index contributed by atoms with van der Waals surface area (Å²) in [4.78, 5) is 12.2. The number of rotatable bonds is 2. The Balaban J connectivity index is 2.17. The molecule has 0 aromatic carbocycles. The van der Waals surface area contributed by atoms with Crippen molar-refractivity contribution in [2.75, 3.05) is 13.2 Å². The molecule has 1 fully saturated rings. The molecule has 1 saturated heterocycles. The number of ether oxygens (including phenoxy) is 1. The molecule has 1 aliphatic rings. The van der Waals surface area contributed by atoms with Gasteiger partial charge in [-0.05, 0) is 23.8 Å². The maximum atomic E-state index is 12.2. The van der Waals surface area contributed by atoms with Crippen LogP contribution in [0.1, 0.15) is 23.7 Å². The summed E-state index contributed by atoms with van der Waals surface area (Å²) in [5.74, 6) is 0.546. The lowest BCUT2D eigenvalue weighted by Crippen LogP contribution is -2.31. The lowest BCUT2D eigenvalue weighted by Gasteiger charge is -2.27. The monoisotopic (exact) mass is 244 g/mol. The summed E-state index contributed by atoms with van der Waals surface area (Å²) >= 11 is 7.38. The first kappa shape index (κ1) is 11.1. The number of Topliss-reactive ketones (excluding diaryl/α,β-unsaturated/α-hetero) is 1. The molecular formula is C11H13ClO2S. The van der Waals surface area contributed by atoms with E-state index in [1.807, 2.05) is 11.4 Å². The Hall–Kier alpha value is -0.380. The molecule has 1 aliphatic heterocycles. The van der Waals surface area contributed by atoms with Crippen molar-refractivity contribution >= 4 is 28.7 Å². The predicted molar refractivity (Wildman–Crippen MR) is 61.7 cm³/mol. The van der Waals surface area contributed by atoms with Crippen LogP contribution in [0.4, 0.5) is 0 Å². The van der Waals surface area contributed by atoms with E-state index < -0.39 is 0 Å². The number of ketones is 1. The van der Waals surface area contributed by atoms with E-state index in [0.717, 1.165) is 6.42 Å². The van der Waals surface area contributed by atoms with Crippen LogP contribution in [-0.4, -0.2) is 19.0 Å². The normalized spacial score (nSPS) is 26.5. The molecule has 1 aromatic heterocycles. The van der Waals surface area contributed by atoms with Gasteiger partial charge in [0, 0.05) is 24.7 Å². The van der Waals surface area contributed by atoms with E-state index in [1.54, 1.807) is 0 Å². The van der Waals surface area contributed by atoms with Gasteiger partial charge in [-0.3, -0.25) is 4.79 Å². The molecule has 4 heteroatoms. The zero-order valence-electron chi connectivity index (χ0n) is 8.53. The lowest BCUT2D eigenvalue weighted by molar-refractivity contribution is 0.0241. The van der Waals surface area contributed by atoms with Crippen LogP contribution >= 0.6 is 22.9 Å². The van der Waals surface area contributed by atoms with Crippen molar-refractivity contribution in [1.82, 2.24) is 0 Å². The van der Waals surface area contributed by atoms with Gasteiger partial charge in [0.15, 0.2) is 5.78 Å². The fraction of sp³-hybridized carbons (Fsp3) is 0.545. The Morgan fingerprint density at radius 1 is 1.67 bits per heavy atom. The highest BCUT2D eigenvalue weighted by Crippen LogP contribution is 2.30. The van der Waals surface area contributed by atoms with Crippen molar-refractivity contribution in [1.29, 1.82) is 0 Å². The van der Waals surface area contributed by atoms with Gasteiger partial charge in [0.05, 0.1) is 0 Å². The van der Waals surface area contributed by atoms with Crippen molar-refractivity contribution in [2.24, 2.45) is 11.8 Å². The molecule has 2 atom stereocenters. The quantitative estimate of drug-likeness (QED) is 0.747. The number of halogens is 1. The second-order valence-corrected chi connectivity index (χ2v) is 5.44. The van der Waals surface area contributed by atoms with Gasteiger partial charge in [-0.1, -0.05) is 18.5 Å². The molecule has 82 valence electrons. The van der Waals surface area contributed by atoms with E-state index in [9.17, 15) is 4.79 Å². The smallest absolute Gasteiger partial charge is 0.168 e. The van der Waals surface area contributed by atoms with Crippen LogP contribution < -0.4 is 0 Å². The summed E-state index contributed by atoms with van der Waals surface area (Å²) in [7, 11) is 0. The van der Waals surface area contributed by atoms with Gasteiger partial charge in [-0.2, -0.15) is 0 Å². The third kappa shape index (κ3) is 2.25.